The monoisotopic (exact) mass is 523 g/mol. The van der Waals surface area contributed by atoms with Crippen molar-refractivity contribution in [2.75, 3.05) is 0 Å². The molecule has 0 amide bonds. The lowest BCUT2D eigenvalue weighted by molar-refractivity contribution is -0.614. The van der Waals surface area contributed by atoms with Gasteiger partial charge in [-0.2, -0.15) is 4.73 Å². The third kappa shape index (κ3) is 4.73. The van der Waals surface area contributed by atoms with Crippen molar-refractivity contribution >= 4 is 28.6 Å². The van der Waals surface area contributed by atoms with E-state index in [0.717, 1.165) is 18.3 Å². The first kappa shape index (κ1) is 24.3. The summed E-state index contributed by atoms with van der Waals surface area (Å²) in [4.78, 5) is 19.0. The van der Waals surface area contributed by atoms with Gasteiger partial charge in [0.15, 0.2) is 12.0 Å². The van der Waals surface area contributed by atoms with Crippen LogP contribution in [0.5, 0.6) is 0 Å². The summed E-state index contributed by atoms with van der Waals surface area (Å²) < 4.78 is 42.9. The van der Waals surface area contributed by atoms with Gasteiger partial charge in [0.25, 0.3) is 0 Å². The molecule has 0 aliphatic carbocycles. The van der Waals surface area contributed by atoms with Crippen LogP contribution >= 0.6 is 11.6 Å². The number of fused-ring (bicyclic) bond motifs is 1. The van der Waals surface area contributed by atoms with Crippen LogP contribution in [0.4, 0.5) is 13.2 Å². The summed E-state index contributed by atoms with van der Waals surface area (Å²) in [5.74, 6) is -3.70. The van der Waals surface area contributed by atoms with Crippen molar-refractivity contribution in [2.45, 2.75) is 12.3 Å². The van der Waals surface area contributed by atoms with Gasteiger partial charge in [-0.1, -0.05) is 23.7 Å². The zero-order valence-corrected chi connectivity index (χ0v) is 19.6. The van der Waals surface area contributed by atoms with Gasteiger partial charge in [-0.3, -0.25) is 0 Å². The number of nitrogens with one attached hydrogen (secondary N) is 1. The highest BCUT2D eigenvalue weighted by atomic mass is 35.5. The zero-order chi connectivity index (χ0) is 26.3. The number of hydrogen-bond donors (Lipinski definition) is 2. The molecule has 2 aromatic heterocycles. The highest BCUT2D eigenvalue weighted by Gasteiger charge is 2.27. The number of benzene rings is 3. The summed E-state index contributed by atoms with van der Waals surface area (Å²) in [6, 6.07) is 15.1. The third-order valence-corrected chi connectivity index (χ3v) is 6.36. The standard InChI is InChI=1S/C27H17ClF3N3O3/c28-19-7-8-20(30)24(25(19)31)16-4-10-23(34(37)13-16)18(11-14-1-5-17(29)6-2-14)26-32-21-9-3-15(27(35)36)12-22(21)33-26/h1-10,12-13,18H,11H2,(H,32,33)(H,35,36)/t18-/m0/s1. The molecule has 0 saturated heterocycles. The van der Waals surface area contributed by atoms with E-state index in [1.807, 2.05) is 0 Å². The number of carbonyl (C=O) groups is 1. The minimum atomic E-state index is -1.10. The van der Waals surface area contributed by atoms with E-state index in [4.69, 9.17) is 11.6 Å². The van der Waals surface area contributed by atoms with E-state index in [2.05, 4.69) is 9.97 Å². The third-order valence-electron chi connectivity index (χ3n) is 6.06. The van der Waals surface area contributed by atoms with Crippen LogP contribution in [0.1, 0.15) is 33.4 Å². The molecule has 0 unspecified atom stereocenters. The number of pyridine rings is 1. The average molecular weight is 524 g/mol. The molecule has 2 heterocycles. The molecule has 3 aromatic carbocycles. The number of halogens is 4. The second-order valence-corrected chi connectivity index (χ2v) is 8.84. The van der Waals surface area contributed by atoms with Crippen molar-refractivity contribution in [2.24, 2.45) is 0 Å². The van der Waals surface area contributed by atoms with Crippen LogP contribution in [0, 0.1) is 22.7 Å². The predicted octanol–water partition coefficient (Wildman–Crippen LogP) is 6.01. The summed E-state index contributed by atoms with van der Waals surface area (Å²) >= 11 is 5.81. The summed E-state index contributed by atoms with van der Waals surface area (Å²) in [7, 11) is 0. The number of carboxylic acids is 1. The molecule has 0 fully saturated rings. The number of hydrogen-bond acceptors (Lipinski definition) is 3. The molecule has 0 aliphatic rings. The summed E-state index contributed by atoms with van der Waals surface area (Å²) in [6.07, 6.45) is 1.28. The second-order valence-electron chi connectivity index (χ2n) is 8.43. The molecule has 5 rings (SSSR count). The molecule has 2 N–H and O–H groups in total. The van der Waals surface area contributed by atoms with Gasteiger partial charge >= 0.3 is 5.97 Å². The van der Waals surface area contributed by atoms with Gasteiger partial charge in [0.2, 0.25) is 5.69 Å². The molecule has 0 radical (unpaired) electrons. The van der Waals surface area contributed by atoms with Crippen LogP contribution in [-0.2, 0) is 6.42 Å². The Morgan fingerprint density at radius 1 is 1.05 bits per heavy atom. The van der Waals surface area contributed by atoms with Gasteiger partial charge in [-0.15, -0.1) is 0 Å². The number of rotatable bonds is 6. The van der Waals surface area contributed by atoms with Gasteiger partial charge in [0.1, 0.15) is 23.4 Å². The van der Waals surface area contributed by atoms with Gasteiger partial charge in [-0.25, -0.2) is 22.9 Å². The van der Waals surface area contributed by atoms with Gasteiger partial charge in [0, 0.05) is 6.07 Å². The van der Waals surface area contributed by atoms with Crippen LogP contribution in [0.25, 0.3) is 22.2 Å². The summed E-state index contributed by atoms with van der Waals surface area (Å²) in [6.45, 7) is 0. The average Bonchev–Trinajstić information content (AvgIpc) is 3.30. The molecule has 5 aromatic rings. The molecule has 10 heteroatoms. The first-order valence-corrected chi connectivity index (χ1v) is 11.4. The maximum absolute atomic E-state index is 14.6. The number of nitrogens with zero attached hydrogens (tertiary/aromatic N) is 2. The number of H-pyrrole nitrogens is 1. The lowest BCUT2D eigenvalue weighted by atomic mass is 9.94. The highest BCUT2D eigenvalue weighted by Crippen LogP contribution is 2.32. The molecule has 6 nitrogen and oxygen atoms in total. The maximum atomic E-state index is 14.6. The molecule has 186 valence electrons. The van der Waals surface area contributed by atoms with Crippen molar-refractivity contribution in [3.05, 3.63) is 123 Å². The minimum Gasteiger partial charge on any atom is -0.618 e. The molecular weight excluding hydrogens is 507 g/mol. The molecule has 37 heavy (non-hydrogen) atoms. The SMILES string of the molecule is O=C(O)c1ccc2nc([C@@H](Cc3ccc(F)cc3)c3ccc(-c4c(F)ccc(Cl)c4F)c[n+]3[O-])[nH]c2c1. The Morgan fingerprint density at radius 3 is 2.51 bits per heavy atom. The fourth-order valence-corrected chi connectivity index (χ4v) is 4.38. The number of carboxylic acid groups (broad SMARTS) is 1. The number of aromatic carboxylic acids is 1. The predicted molar refractivity (Wildman–Crippen MR) is 131 cm³/mol. The van der Waals surface area contributed by atoms with Crippen LogP contribution in [0.15, 0.2) is 72.9 Å². The molecular formula is C27H17ClF3N3O3. The lowest BCUT2D eigenvalue weighted by Crippen LogP contribution is -2.34. The van der Waals surface area contributed by atoms with Crippen LogP contribution in [0.2, 0.25) is 5.02 Å². The van der Waals surface area contributed by atoms with Crippen molar-refractivity contribution < 1.29 is 27.8 Å². The fourth-order valence-electron chi connectivity index (χ4n) is 4.23. The Hall–Kier alpha value is -4.37. The Balaban J connectivity index is 1.62. The van der Waals surface area contributed by atoms with Gasteiger partial charge in [0.05, 0.1) is 32.7 Å². The summed E-state index contributed by atoms with van der Waals surface area (Å²) in [5, 5.41) is 22.2. The Bertz CT molecular complexity index is 1650. The van der Waals surface area contributed by atoms with Crippen LogP contribution < -0.4 is 4.73 Å². The van der Waals surface area contributed by atoms with Crippen molar-refractivity contribution in [3.63, 3.8) is 0 Å². The van der Waals surface area contributed by atoms with Gasteiger partial charge in [-0.05, 0) is 60.5 Å². The van der Waals surface area contributed by atoms with Crippen molar-refractivity contribution in [1.82, 2.24) is 9.97 Å². The quantitative estimate of drug-likeness (QED) is 0.162. The first-order valence-electron chi connectivity index (χ1n) is 11.1. The van der Waals surface area contributed by atoms with Crippen LogP contribution in [-0.4, -0.2) is 21.0 Å². The normalized spacial score (nSPS) is 12.1. The van der Waals surface area contributed by atoms with E-state index >= 15 is 0 Å². The van der Waals surface area contributed by atoms with E-state index in [1.165, 1.54) is 36.4 Å². The molecule has 1 atom stereocenters. The van der Waals surface area contributed by atoms with E-state index in [1.54, 1.807) is 18.2 Å². The summed E-state index contributed by atoms with van der Waals surface area (Å²) in [5.41, 5.74) is 1.47. The van der Waals surface area contributed by atoms with Gasteiger partial charge < -0.3 is 15.3 Å². The molecule has 0 aliphatic heterocycles. The van der Waals surface area contributed by atoms with Crippen molar-refractivity contribution in [1.29, 1.82) is 0 Å². The molecule has 0 saturated carbocycles. The Morgan fingerprint density at radius 2 is 1.81 bits per heavy atom. The Kier molecular flexibility index (Phi) is 6.31. The zero-order valence-electron chi connectivity index (χ0n) is 18.9. The van der Waals surface area contributed by atoms with E-state index in [0.29, 0.717) is 27.2 Å². The molecule has 0 spiro atoms. The molecule has 0 bridgehead atoms. The second kappa shape index (κ2) is 9.59. The van der Waals surface area contributed by atoms with Crippen molar-refractivity contribution in [3.8, 4) is 11.1 Å². The smallest absolute Gasteiger partial charge is 0.335 e. The topological polar surface area (TPSA) is 92.9 Å². The Labute approximate surface area is 213 Å². The largest absolute Gasteiger partial charge is 0.618 e. The lowest BCUT2D eigenvalue weighted by Gasteiger charge is -2.16. The van der Waals surface area contributed by atoms with E-state index < -0.39 is 34.9 Å². The number of aromatic nitrogens is 3. The number of aromatic amines is 1. The van der Waals surface area contributed by atoms with E-state index in [9.17, 15) is 28.3 Å². The first-order chi connectivity index (χ1) is 17.7. The fraction of sp³-hybridized carbons (Fsp3) is 0.0741. The number of imidazole rings is 1. The highest BCUT2D eigenvalue weighted by molar-refractivity contribution is 6.31. The van der Waals surface area contributed by atoms with Crippen LogP contribution in [0.3, 0.4) is 0 Å². The maximum Gasteiger partial charge on any atom is 0.335 e. The van der Waals surface area contributed by atoms with E-state index in [-0.39, 0.29) is 28.3 Å². The minimum absolute atomic E-state index is 0.00696.